The molecule has 0 amide bonds. The maximum absolute atomic E-state index is 5.72. The van der Waals surface area contributed by atoms with Gasteiger partial charge in [-0.1, -0.05) is 6.07 Å². The summed E-state index contributed by atoms with van der Waals surface area (Å²) in [5.74, 6) is 0.922. The fourth-order valence-electron chi connectivity index (χ4n) is 1.46. The van der Waals surface area contributed by atoms with Crippen LogP contribution in [0.3, 0.4) is 0 Å². The molecule has 0 unspecified atom stereocenters. The molecule has 0 aliphatic carbocycles. The molecule has 0 spiro atoms. The predicted octanol–water partition coefficient (Wildman–Crippen LogP) is 3.72. The van der Waals surface area contributed by atoms with Gasteiger partial charge in [-0.25, -0.2) is 0 Å². The minimum absolute atomic E-state index is 0.197. The highest BCUT2D eigenvalue weighted by Gasteiger charge is 2.08. The van der Waals surface area contributed by atoms with E-state index in [9.17, 15) is 0 Å². The van der Waals surface area contributed by atoms with Crippen LogP contribution in [0.4, 0.5) is 0 Å². The van der Waals surface area contributed by atoms with Gasteiger partial charge in [-0.2, -0.15) is 0 Å². The molecule has 3 heteroatoms. The van der Waals surface area contributed by atoms with Gasteiger partial charge in [0.25, 0.3) is 0 Å². The van der Waals surface area contributed by atoms with Crippen LogP contribution in [0.2, 0.25) is 0 Å². The van der Waals surface area contributed by atoms with E-state index in [1.54, 1.807) is 0 Å². The molecule has 2 nitrogen and oxygen atoms in total. The van der Waals surface area contributed by atoms with Crippen LogP contribution >= 0.6 is 15.9 Å². The van der Waals surface area contributed by atoms with E-state index in [-0.39, 0.29) is 6.10 Å². The Hall–Kier alpha value is -0.960. The standard InChI is InChI=1S/C11H12BrNO/c1-7(2)14-10-5-3-4-9-11(10)8(12)6-13-9/h3-7,13H,1-2H3. The van der Waals surface area contributed by atoms with E-state index in [1.165, 1.54) is 0 Å². The number of nitrogens with one attached hydrogen (secondary N) is 1. The molecule has 14 heavy (non-hydrogen) atoms. The second kappa shape index (κ2) is 3.65. The Morgan fingerprint density at radius 3 is 2.86 bits per heavy atom. The van der Waals surface area contributed by atoms with E-state index in [1.807, 2.05) is 38.2 Å². The monoisotopic (exact) mass is 253 g/mol. The van der Waals surface area contributed by atoms with E-state index in [0.29, 0.717) is 0 Å². The Labute approximate surface area is 91.4 Å². The average molecular weight is 254 g/mol. The second-order valence-corrected chi connectivity index (χ2v) is 4.34. The van der Waals surface area contributed by atoms with Crippen molar-refractivity contribution in [3.05, 3.63) is 28.9 Å². The second-order valence-electron chi connectivity index (χ2n) is 3.48. The highest BCUT2D eigenvalue weighted by atomic mass is 79.9. The van der Waals surface area contributed by atoms with E-state index in [4.69, 9.17) is 4.74 Å². The molecule has 0 atom stereocenters. The molecule has 74 valence electrons. The molecule has 1 aromatic carbocycles. The molecule has 2 aromatic rings. The van der Waals surface area contributed by atoms with E-state index >= 15 is 0 Å². The normalized spacial score (nSPS) is 11.1. The molecule has 1 heterocycles. The lowest BCUT2D eigenvalue weighted by Crippen LogP contribution is -2.05. The number of hydrogen-bond acceptors (Lipinski definition) is 1. The molecule has 1 aromatic heterocycles. The van der Waals surface area contributed by atoms with Crippen LogP contribution in [0.1, 0.15) is 13.8 Å². The Morgan fingerprint density at radius 1 is 1.36 bits per heavy atom. The van der Waals surface area contributed by atoms with Crippen LogP contribution in [0.25, 0.3) is 10.9 Å². The summed E-state index contributed by atoms with van der Waals surface area (Å²) in [4.78, 5) is 3.17. The zero-order valence-electron chi connectivity index (χ0n) is 8.17. The van der Waals surface area contributed by atoms with E-state index < -0.39 is 0 Å². The number of aromatic nitrogens is 1. The van der Waals surface area contributed by atoms with Gasteiger partial charge in [0.2, 0.25) is 0 Å². The van der Waals surface area contributed by atoms with Crippen molar-refractivity contribution in [3.8, 4) is 5.75 Å². The number of rotatable bonds is 2. The summed E-state index contributed by atoms with van der Waals surface area (Å²) >= 11 is 3.50. The van der Waals surface area contributed by atoms with Gasteiger partial charge < -0.3 is 9.72 Å². The smallest absolute Gasteiger partial charge is 0.130 e. The fourth-order valence-corrected chi connectivity index (χ4v) is 1.99. The molecule has 2 rings (SSSR count). The average Bonchev–Trinajstić information content (AvgIpc) is 2.48. The lowest BCUT2D eigenvalue weighted by atomic mass is 10.2. The lowest BCUT2D eigenvalue weighted by Gasteiger charge is -2.10. The van der Waals surface area contributed by atoms with Crippen LogP contribution in [0, 0.1) is 0 Å². The number of halogens is 1. The third kappa shape index (κ3) is 1.64. The van der Waals surface area contributed by atoms with Crippen LogP contribution in [-0.2, 0) is 0 Å². The van der Waals surface area contributed by atoms with E-state index in [0.717, 1.165) is 21.1 Å². The molecule has 0 saturated carbocycles. The third-order valence-corrected chi connectivity index (χ3v) is 2.61. The number of benzene rings is 1. The van der Waals surface area contributed by atoms with Gasteiger partial charge in [0, 0.05) is 10.7 Å². The van der Waals surface area contributed by atoms with Crippen LogP contribution in [-0.4, -0.2) is 11.1 Å². The Kier molecular flexibility index (Phi) is 2.50. The Bertz CT molecular complexity index is 447. The lowest BCUT2D eigenvalue weighted by molar-refractivity contribution is 0.245. The quantitative estimate of drug-likeness (QED) is 0.868. The summed E-state index contributed by atoms with van der Waals surface area (Å²) in [6.07, 6.45) is 2.13. The Morgan fingerprint density at radius 2 is 2.14 bits per heavy atom. The first-order chi connectivity index (χ1) is 6.68. The summed E-state index contributed by atoms with van der Waals surface area (Å²) in [7, 11) is 0. The third-order valence-electron chi connectivity index (χ3n) is 1.98. The molecule has 1 N–H and O–H groups in total. The van der Waals surface area contributed by atoms with Gasteiger partial charge in [-0.3, -0.25) is 0 Å². The molecule has 0 radical (unpaired) electrons. The van der Waals surface area contributed by atoms with Crippen molar-refractivity contribution in [2.24, 2.45) is 0 Å². The van der Waals surface area contributed by atoms with Gasteiger partial charge >= 0.3 is 0 Å². The molecule has 0 aliphatic rings. The van der Waals surface area contributed by atoms with Crippen molar-refractivity contribution in [2.75, 3.05) is 0 Å². The number of H-pyrrole nitrogens is 1. The van der Waals surface area contributed by atoms with Gasteiger partial charge in [-0.05, 0) is 41.9 Å². The van der Waals surface area contributed by atoms with Crippen LogP contribution in [0.15, 0.2) is 28.9 Å². The molecule has 0 bridgehead atoms. The molecular weight excluding hydrogens is 242 g/mol. The summed E-state index contributed by atoms with van der Waals surface area (Å²) in [5, 5.41) is 1.11. The van der Waals surface area contributed by atoms with Crippen molar-refractivity contribution in [1.82, 2.24) is 4.98 Å². The molecular formula is C11H12BrNO. The highest BCUT2D eigenvalue weighted by Crippen LogP contribution is 2.32. The van der Waals surface area contributed by atoms with Crippen LogP contribution in [0.5, 0.6) is 5.75 Å². The largest absolute Gasteiger partial charge is 0.490 e. The van der Waals surface area contributed by atoms with Crippen molar-refractivity contribution in [3.63, 3.8) is 0 Å². The molecule has 0 saturated heterocycles. The molecule has 0 fully saturated rings. The number of hydrogen-bond donors (Lipinski definition) is 1. The van der Waals surface area contributed by atoms with Crippen molar-refractivity contribution in [2.45, 2.75) is 20.0 Å². The van der Waals surface area contributed by atoms with Crippen molar-refractivity contribution >= 4 is 26.8 Å². The maximum Gasteiger partial charge on any atom is 0.130 e. The number of ether oxygens (including phenoxy) is 1. The van der Waals surface area contributed by atoms with Crippen LogP contribution < -0.4 is 4.74 Å². The summed E-state index contributed by atoms with van der Waals surface area (Å²) < 4.78 is 6.76. The van der Waals surface area contributed by atoms with Gasteiger partial charge in [-0.15, -0.1) is 0 Å². The predicted molar refractivity (Wildman–Crippen MR) is 61.8 cm³/mol. The van der Waals surface area contributed by atoms with Gasteiger partial charge in [0.15, 0.2) is 0 Å². The minimum Gasteiger partial charge on any atom is -0.490 e. The summed E-state index contributed by atoms with van der Waals surface area (Å²) in [6, 6.07) is 6.01. The summed E-state index contributed by atoms with van der Waals surface area (Å²) in [6.45, 7) is 4.05. The first-order valence-corrected chi connectivity index (χ1v) is 5.40. The number of fused-ring (bicyclic) bond motifs is 1. The minimum atomic E-state index is 0.197. The first kappa shape index (κ1) is 9.59. The highest BCUT2D eigenvalue weighted by molar-refractivity contribution is 9.10. The number of aromatic amines is 1. The maximum atomic E-state index is 5.72. The zero-order chi connectivity index (χ0) is 10.1. The van der Waals surface area contributed by atoms with Gasteiger partial charge in [0.1, 0.15) is 5.75 Å². The Balaban J connectivity index is 2.57. The fraction of sp³-hybridized carbons (Fsp3) is 0.273. The zero-order valence-corrected chi connectivity index (χ0v) is 9.76. The molecule has 0 aliphatic heterocycles. The van der Waals surface area contributed by atoms with Crippen molar-refractivity contribution < 1.29 is 4.74 Å². The summed E-state index contributed by atoms with van der Waals surface area (Å²) in [5.41, 5.74) is 1.09. The van der Waals surface area contributed by atoms with Crippen molar-refractivity contribution in [1.29, 1.82) is 0 Å². The van der Waals surface area contributed by atoms with Gasteiger partial charge in [0.05, 0.1) is 17.0 Å². The van der Waals surface area contributed by atoms with E-state index in [2.05, 4.69) is 20.9 Å². The first-order valence-electron chi connectivity index (χ1n) is 4.60. The topological polar surface area (TPSA) is 25.0 Å². The SMILES string of the molecule is CC(C)Oc1cccc2[nH]cc(Br)c12.